The number of phenols is 1. The summed E-state index contributed by atoms with van der Waals surface area (Å²) in [6, 6.07) is 17.1. The first-order chi connectivity index (χ1) is 12.1. The zero-order valence-electron chi connectivity index (χ0n) is 13.4. The van der Waals surface area contributed by atoms with Crippen LogP contribution in [0.4, 0.5) is 0 Å². The molecule has 0 unspecified atom stereocenters. The Balaban J connectivity index is 2.07. The molecule has 0 radical (unpaired) electrons. The molecular weight excluding hydrogens is 316 g/mol. The number of hydrogen-bond donors (Lipinski definition) is 1. The van der Waals surface area contributed by atoms with E-state index in [2.05, 4.69) is 0 Å². The molecule has 0 atom stereocenters. The van der Waals surface area contributed by atoms with Crippen molar-refractivity contribution in [2.24, 2.45) is 0 Å². The lowest BCUT2D eigenvalue weighted by molar-refractivity contribution is 0.103. The number of carbonyl (C=O) groups excluding carboxylic acids is 1. The van der Waals surface area contributed by atoms with Gasteiger partial charge >= 0.3 is 0 Å². The van der Waals surface area contributed by atoms with Gasteiger partial charge in [0.05, 0.1) is 10.9 Å². The summed E-state index contributed by atoms with van der Waals surface area (Å²) >= 11 is 0. The fraction of sp³-hybridized carbons (Fsp3) is 0.0476. The highest BCUT2D eigenvalue weighted by Gasteiger charge is 2.22. The van der Waals surface area contributed by atoms with Gasteiger partial charge in [-0.15, -0.1) is 0 Å². The number of carbonyl (C=O) groups is 1. The fourth-order valence-corrected chi connectivity index (χ4v) is 3.09. The van der Waals surface area contributed by atoms with Gasteiger partial charge in [0.15, 0.2) is 5.78 Å². The Kier molecular flexibility index (Phi) is 3.39. The molecule has 1 heterocycles. The van der Waals surface area contributed by atoms with E-state index in [-0.39, 0.29) is 33.5 Å². The maximum atomic E-state index is 12.8. The number of para-hydroxylation sites is 1. The largest absolute Gasteiger partial charge is 0.506 e. The number of fused-ring (bicyclic) bond motifs is 2. The number of aromatic hydroxyl groups is 1. The normalized spacial score (nSPS) is 11.1. The number of phenolic OH excluding ortho intramolecular Hbond substituents is 1. The van der Waals surface area contributed by atoms with Crippen LogP contribution in [0.1, 0.15) is 21.5 Å². The lowest BCUT2D eigenvalue weighted by Gasteiger charge is -2.11. The van der Waals surface area contributed by atoms with Gasteiger partial charge in [-0.05, 0) is 30.7 Å². The molecular formula is C21H14O4. The molecule has 1 aromatic heterocycles. The Hall–Kier alpha value is -3.40. The minimum absolute atomic E-state index is 0.0311. The summed E-state index contributed by atoms with van der Waals surface area (Å²) < 4.78 is 5.76. The highest BCUT2D eigenvalue weighted by atomic mass is 16.3. The number of hydrogen-bond acceptors (Lipinski definition) is 4. The van der Waals surface area contributed by atoms with E-state index in [9.17, 15) is 14.7 Å². The van der Waals surface area contributed by atoms with Crippen molar-refractivity contribution >= 4 is 27.7 Å². The minimum Gasteiger partial charge on any atom is -0.506 e. The van der Waals surface area contributed by atoms with Crippen molar-refractivity contribution in [1.29, 1.82) is 0 Å². The van der Waals surface area contributed by atoms with Gasteiger partial charge in [-0.25, -0.2) is 0 Å². The maximum Gasteiger partial charge on any atom is 0.204 e. The summed E-state index contributed by atoms with van der Waals surface area (Å²) in [5, 5.41) is 11.1. The summed E-state index contributed by atoms with van der Waals surface area (Å²) in [5.74, 6) is -0.659. The van der Waals surface area contributed by atoms with Gasteiger partial charge in [0.25, 0.3) is 0 Å². The van der Waals surface area contributed by atoms with Crippen molar-refractivity contribution in [2.75, 3.05) is 0 Å². The summed E-state index contributed by atoms with van der Waals surface area (Å²) in [7, 11) is 0. The van der Waals surface area contributed by atoms with Crippen LogP contribution < -0.4 is 5.43 Å². The molecule has 0 bridgehead atoms. The first-order valence-corrected chi connectivity index (χ1v) is 7.86. The van der Waals surface area contributed by atoms with Crippen LogP contribution in [0.25, 0.3) is 21.9 Å². The fourth-order valence-electron chi connectivity index (χ4n) is 3.09. The third-order valence-corrected chi connectivity index (χ3v) is 4.30. The lowest BCUT2D eigenvalue weighted by Crippen LogP contribution is -2.08. The molecule has 0 aliphatic carbocycles. The van der Waals surface area contributed by atoms with Crippen LogP contribution >= 0.6 is 0 Å². The van der Waals surface area contributed by atoms with Crippen molar-refractivity contribution < 1.29 is 14.3 Å². The zero-order chi connectivity index (χ0) is 17.6. The van der Waals surface area contributed by atoms with Crippen molar-refractivity contribution in [1.82, 2.24) is 0 Å². The van der Waals surface area contributed by atoms with Gasteiger partial charge in [0, 0.05) is 5.56 Å². The summed E-state index contributed by atoms with van der Waals surface area (Å²) in [6.45, 7) is 1.71. The van der Waals surface area contributed by atoms with Crippen LogP contribution in [-0.4, -0.2) is 10.9 Å². The topological polar surface area (TPSA) is 67.5 Å². The van der Waals surface area contributed by atoms with Gasteiger partial charge < -0.3 is 9.52 Å². The molecule has 0 saturated heterocycles. The standard InChI is InChI=1S/C21H14O4/c1-12-11-16-18(20(23)14-9-5-6-10-15(14)25-16)21(24)17(12)19(22)13-7-3-2-4-8-13/h2-11,24H,1H3. The molecule has 0 aliphatic rings. The van der Waals surface area contributed by atoms with Crippen molar-refractivity contribution in [3.63, 3.8) is 0 Å². The molecule has 4 aromatic rings. The Bertz CT molecular complexity index is 1190. The molecule has 0 amide bonds. The summed E-state index contributed by atoms with van der Waals surface area (Å²) in [5.41, 5.74) is 1.49. The molecule has 4 nitrogen and oxygen atoms in total. The van der Waals surface area contributed by atoms with E-state index in [4.69, 9.17) is 4.42 Å². The first-order valence-electron chi connectivity index (χ1n) is 7.86. The third-order valence-electron chi connectivity index (χ3n) is 4.30. The van der Waals surface area contributed by atoms with Crippen LogP contribution in [-0.2, 0) is 0 Å². The number of aryl methyl sites for hydroxylation is 1. The van der Waals surface area contributed by atoms with E-state index >= 15 is 0 Å². The highest BCUT2D eigenvalue weighted by molar-refractivity contribution is 6.14. The van der Waals surface area contributed by atoms with E-state index in [1.807, 2.05) is 6.07 Å². The summed E-state index contributed by atoms with van der Waals surface area (Å²) in [6.07, 6.45) is 0. The Morgan fingerprint density at radius 2 is 1.64 bits per heavy atom. The second-order valence-corrected chi connectivity index (χ2v) is 5.91. The van der Waals surface area contributed by atoms with Crippen LogP contribution in [0.15, 0.2) is 69.9 Å². The lowest BCUT2D eigenvalue weighted by atomic mass is 9.95. The molecule has 0 fully saturated rings. The molecule has 122 valence electrons. The second kappa shape index (κ2) is 5.60. The van der Waals surface area contributed by atoms with Gasteiger partial charge in [-0.2, -0.15) is 0 Å². The predicted octanol–water partition coefficient (Wildman–Crippen LogP) is 4.19. The van der Waals surface area contributed by atoms with Gasteiger partial charge in [0.1, 0.15) is 22.3 Å². The Morgan fingerprint density at radius 3 is 2.40 bits per heavy atom. The van der Waals surface area contributed by atoms with E-state index in [0.29, 0.717) is 22.1 Å². The molecule has 0 saturated carbocycles. The SMILES string of the molecule is Cc1cc2oc3ccccc3c(=O)c2c(O)c1C(=O)c1ccccc1. The third kappa shape index (κ3) is 2.31. The molecule has 4 heteroatoms. The molecule has 0 aliphatic heterocycles. The average molecular weight is 330 g/mol. The Morgan fingerprint density at radius 1 is 0.960 bits per heavy atom. The van der Waals surface area contributed by atoms with Gasteiger partial charge in [0.2, 0.25) is 5.43 Å². The first kappa shape index (κ1) is 15.1. The predicted molar refractivity (Wildman–Crippen MR) is 96.3 cm³/mol. The number of ketones is 1. The number of benzene rings is 3. The summed E-state index contributed by atoms with van der Waals surface area (Å²) in [4.78, 5) is 25.6. The van der Waals surface area contributed by atoms with Crippen molar-refractivity contribution in [3.05, 3.63) is 87.6 Å². The van der Waals surface area contributed by atoms with E-state index in [1.54, 1.807) is 61.5 Å². The Labute approximate surface area is 143 Å². The molecule has 3 aromatic carbocycles. The van der Waals surface area contributed by atoms with E-state index < -0.39 is 0 Å². The molecule has 25 heavy (non-hydrogen) atoms. The van der Waals surface area contributed by atoms with Crippen LogP contribution in [0.2, 0.25) is 0 Å². The minimum atomic E-state index is -0.350. The monoisotopic (exact) mass is 330 g/mol. The highest BCUT2D eigenvalue weighted by Crippen LogP contribution is 2.33. The number of rotatable bonds is 2. The van der Waals surface area contributed by atoms with E-state index in [0.717, 1.165) is 0 Å². The quantitative estimate of drug-likeness (QED) is 0.442. The zero-order valence-corrected chi connectivity index (χ0v) is 13.4. The smallest absolute Gasteiger partial charge is 0.204 e. The van der Waals surface area contributed by atoms with E-state index in [1.165, 1.54) is 0 Å². The molecule has 0 spiro atoms. The van der Waals surface area contributed by atoms with Crippen LogP contribution in [0.5, 0.6) is 5.75 Å². The van der Waals surface area contributed by atoms with Crippen LogP contribution in [0.3, 0.4) is 0 Å². The maximum absolute atomic E-state index is 12.8. The molecule has 4 rings (SSSR count). The average Bonchev–Trinajstić information content (AvgIpc) is 2.62. The molecule has 1 N–H and O–H groups in total. The van der Waals surface area contributed by atoms with Crippen molar-refractivity contribution in [2.45, 2.75) is 6.92 Å². The van der Waals surface area contributed by atoms with Crippen LogP contribution in [0, 0.1) is 6.92 Å². The second-order valence-electron chi connectivity index (χ2n) is 5.91. The van der Waals surface area contributed by atoms with Crippen molar-refractivity contribution in [3.8, 4) is 5.75 Å². The van der Waals surface area contributed by atoms with Gasteiger partial charge in [-0.1, -0.05) is 42.5 Å². The van der Waals surface area contributed by atoms with Gasteiger partial charge in [-0.3, -0.25) is 9.59 Å².